The Kier molecular flexibility index (Phi) is 4.72. The molecule has 0 radical (unpaired) electrons. The molecule has 0 spiro atoms. The fourth-order valence-electron chi connectivity index (χ4n) is 1.79. The highest BCUT2D eigenvalue weighted by molar-refractivity contribution is 5.95. The third kappa shape index (κ3) is 4.10. The van der Waals surface area contributed by atoms with Crippen molar-refractivity contribution in [3.05, 3.63) is 17.8 Å². The Balaban J connectivity index is 3.19. The molecule has 0 amide bonds. The van der Waals surface area contributed by atoms with Crippen LogP contribution >= 0.6 is 0 Å². The molecule has 0 aliphatic rings. The van der Waals surface area contributed by atoms with Gasteiger partial charge in [-0.15, -0.1) is 0 Å². The van der Waals surface area contributed by atoms with Crippen molar-refractivity contribution in [3.8, 4) is 0 Å². The van der Waals surface area contributed by atoms with Crippen LogP contribution in [0.5, 0.6) is 0 Å². The number of rotatable bonds is 5. The number of aromatic nitrogens is 1. The lowest BCUT2D eigenvalue weighted by atomic mass is 10.1. The highest BCUT2D eigenvalue weighted by Crippen LogP contribution is 2.22. The number of likely N-dealkylation sites (N-methyl/N-ethyl adjacent to an activating group) is 1. The van der Waals surface area contributed by atoms with Gasteiger partial charge in [-0.1, -0.05) is 0 Å². The van der Waals surface area contributed by atoms with E-state index >= 15 is 0 Å². The van der Waals surface area contributed by atoms with E-state index in [2.05, 4.69) is 4.98 Å². The number of anilines is 2. The molecule has 1 rings (SSSR count). The van der Waals surface area contributed by atoms with E-state index in [9.17, 15) is 9.90 Å². The first-order valence-electron chi connectivity index (χ1n) is 6.09. The van der Waals surface area contributed by atoms with Gasteiger partial charge in [0.15, 0.2) is 0 Å². The number of nitrogen functional groups attached to an aromatic ring is 1. The van der Waals surface area contributed by atoms with Crippen LogP contribution in [-0.4, -0.2) is 41.9 Å². The van der Waals surface area contributed by atoms with Gasteiger partial charge in [0.05, 0.1) is 24.6 Å². The average molecular weight is 267 g/mol. The Morgan fingerprint density at radius 3 is 2.68 bits per heavy atom. The molecule has 0 unspecified atom stereocenters. The first-order chi connectivity index (χ1) is 8.78. The van der Waals surface area contributed by atoms with Crippen LogP contribution in [0.3, 0.4) is 0 Å². The summed E-state index contributed by atoms with van der Waals surface area (Å²) in [6, 6.07) is 1.53. The molecule has 0 aromatic carbocycles. The molecular weight excluding hydrogens is 246 g/mol. The standard InChI is InChI=1S/C13H21N3O3/c1-5-16(8-13(2,3)18)11-10(12(17)19-4)6-9(14)7-15-11/h6-7,18H,5,8,14H2,1-4H3. The van der Waals surface area contributed by atoms with Crippen molar-refractivity contribution in [2.45, 2.75) is 26.4 Å². The largest absolute Gasteiger partial charge is 0.465 e. The Labute approximate surface area is 113 Å². The monoisotopic (exact) mass is 267 g/mol. The number of esters is 1. The molecule has 1 aromatic rings. The fourth-order valence-corrected chi connectivity index (χ4v) is 1.79. The molecule has 0 aliphatic carbocycles. The molecule has 0 atom stereocenters. The van der Waals surface area contributed by atoms with Crippen LogP contribution in [0.1, 0.15) is 31.1 Å². The summed E-state index contributed by atoms with van der Waals surface area (Å²) in [5.74, 6) is -0.0327. The van der Waals surface area contributed by atoms with Gasteiger partial charge in [-0.05, 0) is 26.8 Å². The van der Waals surface area contributed by atoms with Crippen LogP contribution in [0.2, 0.25) is 0 Å². The normalized spacial score (nSPS) is 11.2. The van der Waals surface area contributed by atoms with E-state index in [1.165, 1.54) is 19.4 Å². The number of carbonyl (C=O) groups excluding carboxylic acids is 1. The van der Waals surface area contributed by atoms with Crippen molar-refractivity contribution >= 4 is 17.5 Å². The summed E-state index contributed by atoms with van der Waals surface area (Å²) in [4.78, 5) is 17.8. The Bertz CT molecular complexity index is 455. The molecule has 0 saturated carbocycles. The second-order valence-corrected chi connectivity index (χ2v) is 4.96. The van der Waals surface area contributed by atoms with Crippen molar-refractivity contribution in [3.63, 3.8) is 0 Å². The minimum absolute atomic E-state index is 0.300. The van der Waals surface area contributed by atoms with Crippen molar-refractivity contribution in [1.82, 2.24) is 4.98 Å². The predicted octanol–water partition coefficient (Wildman–Crippen LogP) is 1.05. The van der Waals surface area contributed by atoms with E-state index in [0.717, 1.165) is 0 Å². The highest BCUT2D eigenvalue weighted by Gasteiger charge is 2.23. The number of aliphatic hydroxyl groups is 1. The van der Waals surface area contributed by atoms with E-state index in [1.54, 1.807) is 13.8 Å². The smallest absolute Gasteiger partial charge is 0.341 e. The summed E-state index contributed by atoms with van der Waals surface area (Å²) in [5.41, 5.74) is 5.45. The van der Waals surface area contributed by atoms with Gasteiger partial charge in [0, 0.05) is 13.1 Å². The average Bonchev–Trinajstić information content (AvgIpc) is 2.34. The van der Waals surface area contributed by atoms with Crippen LogP contribution in [0.25, 0.3) is 0 Å². The minimum atomic E-state index is -0.896. The Hall–Kier alpha value is -1.82. The maximum Gasteiger partial charge on any atom is 0.341 e. The summed E-state index contributed by atoms with van der Waals surface area (Å²) in [5, 5.41) is 9.91. The Morgan fingerprint density at radius 2 is 2.21 bits per heavy atom. The zero-order valence-electron chi connectivity index (χ0n) is 11.8. The molecule has 19 heavy (non-hydrogen) atoms. The maximum atomic E-state index is 11.8. The number of hydrogen-bond acceptors (Lipinski definition) is 6. The second kappa shape index (κ2) is 5.88. The molecule has 0 aliphatic heterocycles. The molecule has 3 N–H and O–H groups in total. The van der Waals surface area contributed by atoms with Gasteiger partial charge in [-0.25, -0.2) is 9.78 Å². The van der Waals surface area contributed by atoms with Gasteiger partial charge in [0.1, 0.15) is 11.4 Å². The first-order valence-corrected chi connectivity index (χ1v) is 6.09. The minimum Gasteiger partial charge on any atom is -0.465 e. The summed E-state index contributed by atoms with van der Waals surface area (Å²) < 4.78 is 4.73. The molecule has 6 nitrogen and oxygen atoms in total. The van der Waals surface area contributed by atoms with Crippen LogP contribution in [0.15, 0.2) is 12.3 Å². The molecule has 1 aromatic heterocycles. The third-order valence-electron chi connectivity index (χ3n) is 2.55. The summed E-state index contributed by atoms with van der Waals surface area (Å²) in [6.45, 7) is 6.27. The zero-order chi connectivity index (χ0) is 14.6. The number of pyridine rings is 1. The molecule has 6 heteroatoms. The Morgan fingerprint density at radius 1 is 1.58 bits per heavy atom. The number of carbonyl (C=O) groups is 1. The van der Waals surface area contributed by atoms with Gasteiger partial charge in [-0.2, -0.15) is 0 Å². The van der Waals surface area contributed by atoms with Crippen molar-refractivity contribution in [2.24, 2.45) is 0 Å². The number of nitrogens with two attached hydrogens (primary N) is 1. The fraction of sp³-hybridized carbons (Fsp3) is 0.538. The second-order valence-electron chi connectivity index (χ2n) is 4.96. The molecule has 106 valence electrons. The lowest BCUT2D eigenvalue weighted by Gasteiger charge is -2.30. The topological polar surface area (TPSA) is 88.7 Å². The van der Waals surface area contributed by atoms with Crippen molar-refractivity contribution in [2.75, 3.05) is 30.8 Å². The summed E-state index contributed by atoms with van der Waals surface area (Å²) in [7, 11) is 1.31. The summed E-state index contributed by atoms with van der Waals surface area (Å²) in [6.07, 6.45) is 1.48. The van der Waals surface area contributed by atoms with Crippen LogP contribution in [0.4, 0.5) is 11.5 Å². The molecule has 0 fully saturated rings. The van der Waals surface area contributed by atoms with Gasteiger partial charge in [0.2, 0.25) is 0 Å². The predicted molar refractivity (Wildman–Crippen MR) is 74.2 cm³/mol. The van der Waals surface area contributed by atoms with Crippen molar-refractivity contribution < 1.29 is 14.6 Å². The number of methoxy groups -OCH3 is 1. The van der Waals surface area contributed by atoms with E-state index in [1.807, 2.05) is 11.8 Å². The molecular formula is C13H21N3O3. The lowest BCUT2D eigenvalue weighted by molar-refractivity contribution is 0.0598. The van der Waals surface area contributed by atoms with Gasteiger partial charge >= 0.3 is 5.97 Å². The van der Waals surface area contributed by atoms with Gasteiger partial charge in [0.25, 0.3) is 0 Å². The summed E-state index contributed by atoms with van der Waals surface area (Å²) >= 11 is 0. The highest BCUT2D eigenvalue weighted by atomic mass is 16.5. The molecule has 0 saturated heterocycles. The first kappa shape index (κ1) is 15.2. The van der Waals surface area contributed by atoms with Crippen molar-refractivity contribution in [1.29, 1.82) is 0 Å². The van der Waals surface area contributed by atoms with E-state index in [4.69, 9.17) is 10.5 Å². The quantitative estimate of drug-likeness (QED) is 0.775. The molecule has 1 heterocycles. The zero-order valence-corrected chi connectivity index (χ0v) is 11.8. The van der Waals surface area contributed by atoms with Gasteiger partial charge in [-0.3, -0.25) is 0 Å². The number of nitrogens with zero attached hydrogens (tertiary/aromatic N) is 2. The van der Waals surface area contributed by atoms with Crippen LogP contribution in [-0.2, 0) is 4.74 Å². The van der Waals surface area contributed by atoms with Gasteiger partial charge < -0.3 is 20.5 Å². The SMILES string of the molecule is CCN(CC(C)(C)O)c1ncc(N)cc1C(=O)OC. The third-order valence-corrected chi connectivity index (χ3v) is 2.55. The lowest BCUT2D eigenvalue weighted by Crippen LogP contribution is -2.39. The maximum absolute atomic E-state index is 11.8. The van der Waals surface area contributed by atoms with E-state index < -0.39 is 11.6 Å². The number of hydrogen-bond donors (Lipinski definition) is 2. The number of ether oxygens (including phenoxy) is 1. The van der Waals surface area contributed by atoms with Crippen LogP contribution < -0.4 is 10.6 Å². The van der Waals surface area contributed by atoms with E-state index in [0.29, 0.717) is 30.2 Å². The van der Waals surface area contributed by atoms with Crippen LogP contribution in [0, 0.1) is 0 Å². The molecule has 0 bridgehead atoms. The van der Waals surface area contributed by atoms with E-state index in [-0.39, 0.29) is 0 Å².